The second-order valence-corrected chi connectivity index (χ2v) is 6.44. The Hall–Kier alpha value is -1.35. The predicted octanol–water partition coefficient (Wildman–Crippen LogP) is 5.18. The van der Waals surface area contributed by atoms with E-state index in [9.17, 15) is 4.39 Å². The van der Waals surface area contributed by atoms with Crippen molar-refractivity contribution in [3.05, 3.63) is 42.4 Å². The van der Waals surface area contributed by atoms with E-state index in [0.717, 1.165) is 18.5 Å². The van der Waals surface area contributed by atoms with Gasteiger partial charge in [0.2, 0.25) is 0 Å². The maximum atomic E-state index is 14.8. The monoisotopic (exact) mass is 320 g/mol. The zero-order chi connectivity index (χ0) is 14.2. The molecule has 0 spiro atoms. The second kappa shape index (κ2) is 6.41. The molecule has 118 valence electrons. The first-order valence-corrected chi connectivity index (χ1v) is 8.10. The van der Waals surface area contributed by atoms with Crippen LogP contribution in [0.25, 0.3) is 11.3 Å². The Bertz CT molecular complexity index is 634. The van der Waals surface area contributed by atoms with Crippen molar-refractivity contribution in [1.82, 2.24) is 9.55 Å². The number of hydrogen-bond donors (Lipinski definition) is 0. The van der Waals surface area contributed by atoms with Crippen LogP contribution in [0.5, 0.6) is 0 Å². The number of fused-ring (bicyclic) bond motifs is 3. The summed E-state index contributed by atoms with van der Waals surface area (Å²) < 4.78 is 17.0. The summed E-state index contributed by atoms with van der Waals surface area (Å²) in [6.07, 6.45) is 9.44. The third-order valence-corrected chi connectivity index (χ3v) is 5.21. The van der Waals surface area contributed by atoms with E-state index in [0.29, 0.717) is 6.42 Å². The van der Waals surface area contributed by atoms with E-state index >= 15 is 0 Å². The topological polar surface area (TPSA) is 17.8 Å². The Morgan fingerprint density at radius 3 is 2.77 bits per heavy atom. The maximum Gasteiger partial charge on any atom is 0.105 e. The molecule has 1 saturated carbocycles. The molecule has 0 bridgehead atoms. The fourth-order valence-corrected chi connectivity index (χ4v) is 4.07. The molecule has 1 aliphatic heterocycles. The Kier molecular flexibility index (Phi) is 4.53. The highest BCUT2D eigenvalue weighted by atomic mass is 35.5. The molecule has 2 aliphatic rings. The number of halogens is 2. The van der Waals surface area contributed by atoms with Crippen LogP contribution in [0.15, 0.2) is 36.8 Å². The van der Waals surface area contributed by atoms with Crippen LogP contribution in [0, 0.1) is 5.92 Å². The molecule has 1 fully saturated rings. The quantitative estimate of drug-likeness (QED) is 0.761. The molecule has 0 amide bonds. The van der Waals surface area contributed by atoms with Crippen LogP contribution in [0.4, 0.5) is 4.39 Å². The van der Waals surface area contributed by atoms with Gasteiger partial charge in [-0.3, -0.25) is 0 Å². The van der Waals surface area contributed by atoms with Crippen molar-refractivity contribution >= 4 is 12.4 Å². The van der Waals surface area contributed by atoms with Crippen molar-refractivity contribution < 1.29 is 4.39 Å². The van der Waals surface area contributed by atoms with Crippen molar-refractivity contribution in [1.29, 1.82) is 0 Å². The largest absolute Gasteiger partial charge is 0.323 e. The van der Waals surface area contributed by atoms with Crippen LogP contribution in [-0.4, -0.2) is 15.7 Å². The summed E-state index contributed by atoms with van der Waals surface area (Å²) in [6.45, 7) is 0. The molecule has 22 heavy (non-hydrogen) atoms. The smallest absolute Gasteiger partial charge is 0.105 e. The van der Waals surface area contributed by atoms with Crippen LogP contribution in [0.3, 0.4) is 0 Å². The van der Waals surface area contributed by atoms with Gasteiger partial charge in [0.05, 0.1) is 24.3 Å². The standard InChI is InChI=1S/C18H21FN2.ClH/c19-16(13-6-2-1-3-7-13)10-17-14-8-4-5-9-15(14)18-11-20-12-21(17)18;/h4-5,8-9,11-13,16-17H,1-3,6-7,10H2;1H. The lowest BCUT2D eigenvalue weighted by Gasteiger charge is -2.27. The summed E-state index contributed by atoms with van der Waals surface area (Å²) in [5, 5.41) is 0. The van der Waals surface area contributed by atoms with Gasteiger partial charge in [-0.2, -0.15) is 0 Å². The number of alkyl halides is 1. The van der Waals surface area contributed by atoms with Crippen LogP contribution in [0.1, 0.15) is 50.1 Å². The fourth-order valence-electron chi connectivity index (χ4n) is 4.07. The number of rotatable bonds is 3. The lowest BCUT2D eigenvalue weighted by molar-refractivity contribution is 0.159. The molecule has 2 heterocycles. The van der Waals surface area contributed by atoms with Gasteiger partial charge in [-0.25, -0.2) is 9.37 Å². The van der Waals surface area contributed by atoms with Gasteiger partial charge in [0.1, 0.15) is 6.17 Å². The van der Waals surface area contributed by atoms with Gasteiger partial charge in [-0.1, -0.05) is 43.5 Å². The van der Waals surface area contributed by atoms with E-state index in [4.69, 9.17) is 0 Å². The molecule has 2 nitrogen and oxygen atoms in total. The number of benzene rings is 1. The van der Waals surface area contributed by atoms with E-state index in [-0.39, 0.29) is 24.4 Å². The van der Waals surface area contributed by atoms with E-state index in [1.807, 2.05) is 18.6 Å². The Morgan fingerprint density at radius 1 is 1.18 bits per heavy atom. The van der Waals surface area contributed by atoms with Gasteiger partial charge in [0, 0.05) is 12.0 Å². The van der Waals surface area contributed by atoms with Crippen molar-refractivity contribution in [3.8, 4) is 11.3 Å². The summed E-state index contributed by atoms with van der Waals surface area (Å²) in [5.41, 5.74) is 3.61. The predicted molar refractivity (Wildman–Crippen MR) is 89.1 cm³/mol. The first-order valence-electron chi connectivity index (χ1n) is 8.10. The highest BCUT2D eigenvalue weighted by Gasteiger charge is 2.33. The first-order chi connectivity index (χ1) is 10.3. The van der Waals surface area contributed by atoms with Gasteiger partial charge < -0.3 is 4.57 Å². The normalized spacial score (nSPS) is 21.8. The molecule has 0 saturated heterocycles. The first kappa shape index (κ1) is 15.5. The fraction of sp³-hybridized carbons (Fsp3) is 0.500. The Labute approximate surface area is 137 Å². The average molecular weight is 321 g/mol. The summed E-state index contributed by atoms with van der Waals surface area (Å²) in [4.78, 5) is 4.25. The maximum absolute atomic E-state index is 14.8. The van der Waals surface area contributed by atoms with Gasteiger partial charge in [-0.05, 0) is 24.3 Å². The summed E-state index contributed by atoms with van der Waals surface area (Å²) in [5.74, 6) is 0.262. The van der Waals surface area contributed by atoms with Crippen molar-refractivity contribution in [2.24, 2.45) is 5.92 Å². The minimum atomic E-state index is -0.697. The molecule has 1 aliphatic carbocycles. The SMILES string of the molecule is Cl.FC(CC1c2ccccc2-c2cncn21)C1CCCCC1. The van der Waals surface area contributed by atoms with Crippen LogP contribution < -0.4 is 0 Å². The number of hydrogen-bond acceptors (Lipinski definition) is 1. The van der Waals surface area contributed by atoms with Crippen molar-refractivity contribution in [2.45, 2.75) is 50.7 Å². The molecule has 2 atom stereocenters. The average Bonchev–Trinajstić information content (AvgIpc) is 3.11. The highest BCUT2D eigenvalue weighted by molar-refractivity contribution is 5.85. The number of aromatic nitrogens is 2. The van der Waals surface area contributed by atoms with Crippen molar-refractivity contribution in [3.63, 3.8) is 0 Å². The molecule has 4 rings (SSSR count). The third kappa shape index (κ3) is 2.56. The summed E-state index contributed by atoms with van der Waals surface area (Å²) >= 11 is 0. The molecule has 0 N–H and O–H groups in total. The molecule has 1 aromatic heterocycles. The zero-order valence-electron chi connectivity index (χ0n) is 12.6. The molecular formula is C18H22ClFN2. The van der Waals surface area contributed by atoms with E-state index < -0.39 is 6.17 Å². The van der Waals surface area contributed by atoms with E-state index in [1.54, 1.807) is 0 Å². The highest BCUT2D eigenvalue weighted by Crippen LogP contribution is 2.43. The van der Waals surface area contributed by atoms with Crippen LogP contribution in [0.2, 0.25) is 0 Å². The number of imidazole rings is 1. The third-order valence-electron chi connectivity index (χ3n) is 5.21. The van der Waals surface area contributed by atoms with E-state index in [1.165, 1.54) is 30.4 Å². The molecule has 2 unspecified atom stereocenters. The van der Waals surface area contributed by atoms with Gasteiger partial charge in [-0.15, -0.1) is 12.4 Å². The van der Waals surface area contributed by atoms with Gasteiger partial charge in [0.15, 0.2) is 0 Å². The Morgan fingerprint density at radius 2 is 1.95 bits per heavy atom. The molecule has 0 radical (unpaired) electrons. The van der Waals surface area contributed by atoms with Gasteiger partial charge >= 0.3 is 0 Å². The minimum Gasteiger partial charge on any atom is -0.323 e. The number of nitrogens with zero attached hydrogens (tertiary/aromatic N) is 2. The molecule has 2 aromatic rings. The minimum absolute atomic E-state index is 0. The van der Waals surface area contributed by atoms with Crippen LogP contribution in [-0.2, 0) is 0 Å². The van der Waals surface area contributed by atoms with E-state index in [2.05, 4.69) is 27.8 Å². The Balaban J connectivity index is 0.00000144. The van der Waals surface area contributed by atoms with Gasteiger partial charge in [0.25, 0.3) is 0 Å². The van der Waals surface area contributed by atoms with Crippen LogP contribution >= 0.6 is 12.4 Å². The van der Waals surface area contributed by atoms with Crippen molar-refractivity contribution in [2.75, 3.05) is 0 Å². The molecular weight excluding hydrogens is 299 g/mol. The summed E-state index contributed by atoms with van der Waals surface area (Å²) in [7, 11) is 0. The lowest BCUT2D eigenvalue weighted by atomic mass is 9.83. The molecule has 1 aromatic carbocycles. The second-order valence-electron chi connectivity index (χ2n) is 6.44. The lowest BCUT2D eigenvalue weighted by Crippen LogP contribution is -2.22. The summed E-state index contributed by atoms with van der Waals surface area (Å²) in [6, 6.07) is 8.49. The zero-order valence-corrected chi connectivity index (χ0v) is 13.4. The molecule has 4 heteroatoms.